The zero-order valence-electron chi connectivity index (χ0n) is 28.6. The Morgan fingerprint density at radius 1 is 0.377 bits per heavy atom. The highest BCUT2D eigenvalue weighted by Gasteiger charge is 2.18. The molecule has 0 unspecified atom stereocenters. The number of benzene rings is 9. The summed E-state index contributed by atoms with van der Waals surface area (Å²) >= 11 is 0. The zero-order chi connectivity index (χ0) is 34.9. The van der Waals surface area contributed by atoms with Crippen LogP contribution in [-0.2, 0) is 0 Å². The monoisotopic (exact) mass is 674 g/mol. The van der Waals surface area contributed by atoms with Gasteiger partial charge in [-0.25, -0.2) is 4.98 Å². The highest BCUT2D eigenvalue weighted by atomic mass is 16.3. The van der Waals surface area contributed by atoms with Crippen LogP contribution in [-0.4, -0.2) is 9.97 Å². The summed E-state index contributed by atoms with van der Waals surface area (Å²) in [4.78, 5) is 10.5. The Morgan fingerprint density at radius 2 is 0.962 bits per heavy atom. The number of nitrogens with zero attached hydrogens (tertiary/aromatic N) is 2. The van der Waals surface area contributed by atoms with Gasteiger partial charge in [0.2, 0.25) is 0 Å². The molecule has 11 aromatic rings. The van der Waals surface area contributed by atoms with E-state index in [1.165, 1.54) is 32.7 Å². The predicted molar refractivity (Wildman–Crippen MR) is 221 cm³/mol. The van der Waals surface area contributed by atoms with E-state index >= 15 is 0 Å². The van der Waals surface area contributed by atoms with Crippen LogP contribution in [0.5, 0.6) is 0 Å². The molecule has 0 spiro atoms. The molecule has 0 aliphatic carbocycles. The summed E-state index contributed by atoms with van der Waals surface area (Å²) in [6.07, 6.45) is 1.93. The molecule has 2 aromatic heterocycles. The number of fused-ring (bicyclic) bond motifs is 11. The molecule has 0 bridgehead atoms. The van der Waals surface area contributed by atoms with Gasteiger partial charge >= 0.3 is 0 Å². The Morgan fingerprint density at radius 3 is 1.77 bits per heavy atom. The van der Waals surface area contributed by atoms with Crippen LogP contribution in [0, 0.1) is 0 Å². The van der Waals surface area contributed by atoms with E-state index in [2.05, 4.69) is 176 Å². The van der Waals surface area contributed by atoms with Crippen molar-refractivity contribution in [1.82, 2.24) is 9.97 Å². The molecule has 11 rings (SSSR count). The fourth-order valence-corrected chi connectivity index (χ4v) is 8.16. The maximum atomic E-state index is 6.73. The first kappa shape index (κ1) is 29.6. The number of para-hydroxylation sites is 1. The number of aromatic nitrogens is 2. The first-order valence-electron chi connectivity index (χ1n) is 18.0. The van der Waals surface area contributed by atoms with Crippen molar-refractivity contribution in [2.24, 2.45) is 0 Å². The van der Waals surface area contributed by atoms with Crippen molar-refractivity contribution < 1.29 is 4.42 Å². The van der Waals surface area contributed by atoms with Crippen LogP contribution in [0.1, 0.15) is 0 Å². The summed E-state index contributed by atoms with van der Waals surface area (Å²) in [5.74, 6) is 0. The van der Waals surface area contributed by atoms with Gasteiger partial charge in [0.1, 0.15) is 11.2 Å². The van der Waals surface area contributed by atoms with Crippen LogP contribution < -0.4 is 0 Å². The lowest BCUT2D eigenvalue weighted by Gasteiger charge is -2.14. The van der Waals surface area contributed by atoms with Gasteiger partial charge in [-0.2, -0.15) is 0 Å². The average Bonchev–Trinajstić information content (AvgIpc) is 3.63. The molecule has 2 heterocycles. The van der Waals surface area contributed by atoms with E-state index in [0.717, 1.165) is 77.3 Å². The van der Waals surface area contributed by atoms with Crippen LogP contribution in [0.25, 0.3) is 110 Å². The standard InChI is InChI=1S/C50H30N2O/c1-2-12-31(13-3-1)33-15-10-16-34(26-33)35-27-36(39-22-11-23-44-47-38-17-5-4-14-32(38)24-25-46(47)53-50(39)44)29-37(28-35)45-30-51-48-42-20-8-6-18-40(42)41-19-7-9-21-43(41)49(48)52-45/h1-30H. The minimum absolute atomic E-state index is 0.822. The molecule has 0 amide bonds. The molecule has 0 aliphatic rings. The third-order valence-electron chi connectivity index (χ3n) is 10.7. The second-order valence-corrected chi connectivity index (χ2v) is 13.7. The minimum atomic E-state index is 0.822. The maximum Gasteiger partial charge on any atom is 0.143 e. The highest BCUT2D eigenvalue weighted by Crippen LogP contribution is 2.42. The van der Waals surface area contributed by atoms with Crippen LogP contribution in [0.4, 0.5) is 0 Å². The fourth-order valence-electron chi connectivity index (χ4n) is 8.16. The molecule has 0 aliphatic heterocycles. The van der Waals surface area contributed by atoms with Crippen molar-refractivity contribution in [3.63, 3.8) is 0 Å². The van der Waals surface area contributed by atoms with Gasteiger partial charge in [-0.1, -0.05) is 146 Å². The van der Waals surface area contributed by atoms with Gasteiger partial charge in [0, 0.05) is 32.7 Å². The van der Waals surface area contributed by atoms with E-state index in [-0.39, 0.29) is 0 Å². The Kier molecular flexibility index (Phi) is 6.55. The van der Waals surface area contributed by atoms with Gasteiger partial charge in [-0.3, -0.25) is 4.98 Å². The van der Waals surface area contributed by atoms with Crippen LogP contribution >= 0.6 is 0 Å². The third-order valence-corrected chi connectivity index (χ3v) is 10.7. The Bertz CT molecular complexity index is 3200. The van der Waals surface area contributed by atoms with Crippen LogP contribution in [0.3, 0.4) is 0 Å². The summed E-state index contributed by atoms with van der Waals surface area (Å²) in [6, 6.07) is 62.4. The molecule has 0 atom stereocenters. The van der Waals surface area contributed by atoms with Crippen molar-refractivity contribution in [2.75, 3.05) is 0 Å². The molecule has 3 nitrogen and oxygen atoms in total. The summed E-state index contributed by atoms with van der Waals surface area (Å²) in [5.41, 5.74) is 12.1. The van der Waals surface area contributed by atoms with Gasteiger partial charge in [0.25, 0.3) is 0 Å². The van der Waals surface area contributed by atoms with Crippen molar-refractivity contribution >= 4 is 65.3 Å². The van der Waals surface area contributed by atoms with E-state index in [4.69, 9.17) is 14.4 Å². The number of hydrogen-bond donors (Lipinski definition) is 0. The first-order valence-corrected chi connectivity index (χ1v) is 18.0. The quantitative estimate of drug-likeness (QED) is 0.174. The van der Waals surface area contributed by atoms with E-state index in [1.807, 2.05) is 6.20 Å². The van der Waals surface area contributed by atoms with Crippen molar-refractivity contribution in [3.8, 4) is 44.6 Å². The van der Waals surface area contributed by atoms with Crippen LogP contribution in [0.2, 0.25) is 0 Å². The first-order chi connectivity index (χ1) is 26.3. The molecule has 9 aromatic carbocycles. The van der Waals surface area contributed by atoms with Gasteiger partial charge in [0.05, 0.1) is 22.9 Å². The third kappa shape index (κ3) is 4.75. The molecule has 3 heteroatoms. The van der Waals surface area contributed by atoms with E-state index in [9.17, 15) is 0 Å². The molecule has 0 saturated heterocycles. The second kappa shape index (κ2) is 11.7. The number of furan rings is 1. The SMILES string of the molecule is c1ccc(-c2cccc(-c3cc(-c4cnc5c6ccccc6c6ccccc6c5n4)cc(-c4cccc5c4oc4ccc6ccccc6c45)c3)c2)cc1. The molecular weight excluding hydrogens is 645 g/mol. The lowest BCUT2D eigenvalue weighted by atomic mass is 9.92. The Hall–Kier alpha value is -7.10. The average molecular weight is 675 g/mol. The topological polar surface area (TPSA) is 38.9 Å². The minimum Gasteiger partial charge on any atom is -0.455 e. The second-order valence-electron chi connectivity index (χ2n) is 13.7. The van der Waals surface area contributed by atoms with Gasteiger partial charge in [0.15, 0.2) is 0 Å². The molecule has 246 valence electrons. The molecule has 0 saturated carbocycles. The molecule has 0 N–H and O–H groups in total. The van der Waals surface area contributed by atoms with Crippen molar-refractivity contribution in [2.45, 2.75) is 0 Å². The fraction of sp³-hybridized carbons (Fsp3) is 0. The normalized spacial score (nSPS) is 11.8. The summed E-state index contributed by atoms with van der Waals surface area (Å²) in [7, 11) is 0. The lowest BCUT2D eigenvalue weighted by Crippen LogP contribution is -1.93. The van der Waals surface area contributed by atoms with E-state index < -0.39 is 0 Å². The predicted octanol–water partition coefficient (Wildman–Crippen LogP) is 13.7. The molecule has 0 radical (unpaired) electrons. The van der Waals surface area contributed by atoms with Crippen molar-refractivity contribution in [1.29, 1.82) is 0 Å². The summed E-state index contributed by atoms with van der Waals surface area (Å²) in [5, 5.41) is 9.22. The summed E-state index contributed by atoms with van der Waals surface area (Å²) < 4.78 is 6.73. The largest absolute Gasteiger partial charge is 0.455 e. The smallest absolute Gasteiger partial charge is 0.143 e. The highest BCUT2D eigenvalue weighted by molar-refractivity contribution is 6.23. The summed E-state index contributed by atoms with van der Waals surface area (Å²) in [6.45, 7) is 0. The van der Waals surface area contributed by atoms with Gasteiger partial charge in [-0.05, 0) is 79.7 Å². The van der Waals surface area contributed by atoms with E-state index in [0.29, 0.717) is 0 Å². The number of hydrogen-bond acceptors (Lipinski definition) is 3. The Balaban J connectivity index is 1.17. The van der Waals surface area contributed by atoms with Gasteiger partial charge < -0.3 is 4.42 Å². The molecule has 53 heavy (non-hydrogen) atoms. The Labute approximate surface area is 305 Å². The molecule has 0 fully saturated rings. The van der Waals surface area contributed by atoms with Crippen molar-refractivity contribution in [3.05, 3.63) is 182 Å². The van der Waals surface area contributed by atoms with Gasteiger partial charge in [-0.15, -0.1) is 0 Å². The maximum absolute atomic E-state index is 6.73. The van der Waals surface area contributed by atoms with Crippen LogP contribution in [0.15, 0.2) is 187 Å². The van der Waals surface area contributed by atoms with E-state index in [1.54, 1.807) is 0 Å². The zero-order valence-corrected chi connectivity index (χ0v) is 28.6. The molecular formula is C50H30N2O. The number of rotatable bonds is 4. The lowest BCUT2D eigenvalue weighted by molar-refractivity contribution is 0.670.